The summed E-state index contributed by atoms with van der Waals surface area (Å²) in [5, 5.41) is 0. The Labute approximate surface area is 327 Å². The van der Waals surface area contributed by atoms with Crippen LogP contribution in [-0.4, -0.2) is 74.9 Å². The zero-order valence-electron chi connectivity index (χ0n) is 33.9. The lowest BCUT2D eigenvalue weighted by atomic mass is 10.2. The number of phosphoric acid groups is 1. The third kappa shape index (κ3) is 38.4. The largest absolute Gasteiger partial charge is 0.472 e. The van der Waals surface area contributed by atoms with E-state index >= 15 is 0 Å². The number of phosphoric ester groups is 1. The van der Waals surface area contributed by atoms with Crippen LogP contribution in [0.25, 0.3) is 0 Å². The van der Waals surface area contributed by atoms with Crippen LogP contribution in [0.1, 0.15) is 104 Å². The molecule has 9 nitrogen and oxygen atoms in total. The number of hydrogen-bond acceptors (Lipinski definition) is 7. The van der Waals surface area contributed by atoms with Crippen LogP contribution in [0.2, 0.25) is 0 Å². The van der Waals surface area contributed by atoms with Gasteiger partial charge in [0.05, 0.1) is 27.7 Å². The average Bonchev–Trinajstić information content (AvgIpc) is 3.12. The zero-order valence-corrected chi connectivity index (χ0v) is 34.8. The predicted octanol–water partition coefficient (Wildman–Crippen LogP) is 10.8. The second kappa shape index (κ2) is 35.4. The first-order valence-corrected chi connectivity index (χ1v) is 21.1. The fourth-order valence-corrected chi connectivity index (χ4v) is 5.04. The van der Waals surface area contributed by atoms with Gasteiger partial charge in [-0.1, -0.05) is 123 Å². The Bertz CT molecular complexity index is 1280. The van der Waals surface area contributed by atoms with Gasteiger partial charge in [0.25, 0.3) is 0 Å². The molecule has 0 fully saturated rings. The molecule has 54 heavy (non-hydrogen) atoms. The molecule has 0 heterocycles. The maximum absolute atomic E-state index is 12.6. The number of likely N-dealkylation sites (N-methyl/N-ethyl adjacent to an activating group) is 1. The van der Waals surface area contributed by atoms with Crippen molar-refractivity contribution in [1.29, 1.82) is 0 Å². The number of carbonyl (C=O) groups excluding carboxylic acids is 2. The quantitative estimate of drug-likeness (QED) is 0.0231. The van der Waals surface area contributed by atoms with Gasteiger partial charge in [0.15, 0.2) is 6.10 Å². The van der Waals surface area contributed by atoms with Gasteiger partial charge < -0.3 is 18.9 Å². The molecular formula is C44H71NO8P+. The standard InChI is InChI=1S/C44H70NO8P/c1-6-8-10-12-14-16-18-20-21-22-23-25-27-29-31-33-35-37-44(47)53-42(41-52-54(48,49)51-39-38-45(3,4)5)40-50-43(46)36-34-32-30-28-26-24-19-17-15-13-11-9-7-2/h8-11,14-17,20-21,23-26,29-32,42H,6-7,12-13,18-19,22,27-28,33-41H2,1-5H3/p+1/b10-8-,11-9-,16-14-,17-15-,21-20-,25-23-,26-24-,31-29-,32-30-. The first-order chi connectivity index (χ1) is 26.0. The zero-order chi connectivity index (χ0) is 40.0. The van der Waals surface area contributed by atoms with Crippen LogP contribution in [-0.2, 0) is 32.7 Å². The van der Waals surface area contributed by atoms with Crippen molar-refractivity contribution in [3.8, 4) is 0 Å². The third-order valence-corrected chi connectivity index (χ3v) is 8.30. The van der Waals surface area contributed by atoms with Crippen molar-refractivity contribution in [3.63, 3.8) is 0 Å². The van der Waals surface area contributed by atoms with Crippen molar-refractivity contribution >= 4 is 19.8 Å². The van der Waals surface area contributed by atoms with Crippen molar-refractivity contribution < 1.29 is 42.1 Å². The molecule has 0 aromatic heterocycles. The van der Waals surface area contributed by atoms with Crippen molar-refractivity contribution in [2.75, 3.05) is 47.5 Å². The molecule has 0 amide bonds. The summed E-state index contributed by atoms with van der Waals surface area (Å²) >= 11 is 0. The van der Waals surface area contributed by atoms with E-state index in [4.69, 9.17) is 18.5 Å². The Morgan fingerprint density at radius 2 is 1.00 bits per heavy atom. The van der Waals surface area contributed by atoms with Crippen molar-refractivity contribution in [2.45, 2.75) is 110 Å². The van der Waals surface area contributed by atoms with E-state index in [0.717, 1.165) is 57.8 Å². The van der Waals surface area contributed by atoms with E-state index in [1.54, 1.807) is 0 Å². The molecule has 0 saturated heterocycles. The van der Waals surface area contributed by atoms with E-state index < -0.39 is 32.5 Å². The lowest BCUT2D eigenvalue weighted by Crippen LogP contribution is -2.37. The molecule has 0 aliphatic carbocycles. The Kier molecular flexibility index (Phi) is 33.2. The molecule has 0 spiro atoms. The molecule has 0 saturated carbocycles. The molecule has 0 aromatic rings. The van der Waals surface area contributed by atoms with Gasteiger partial charge in [-0.25, -0.2) is 4.57 Å². The third-order valence-electron chi connectivity index (χ3n) is 7.31. The molecule has 10 heteroatoms. The Morgan fingerprint density at radius 3 is 1.44 bits per heavy atom. The first-order valence-electron chi connectivity index (χ1n) is 19.6. The smallest absolute Gasteiger partial charge is 0.462 e. The summed E-state index contributed by atoms with van der Waals surface area (Å²) in [6.07, 6.45) is 47.4. The lowest BCUT2D eigenvalue weighted by Gasteiger charge is -2.24. The minimum atomic E-state index is -4.41. The maximum Gasteiger partial charge on any atom is 0.472 e. The van der Waals surface area contributed by atoms with Gasteiger partial charge >= 0.3 is 19.8 Å². The lowest BCUT2D eigenvalue weighted by molar-refractivity contribution is -0.870. The van der Waals surface area contributed by atoms with Gasteiger partial charge in [0.2, 0.25) is 0 Å². The van der Waals surface area contributed by atoms with Gasteiger partial charge in [0.1, 0.15) is 19.8 Å². The van der Waals surface area contributed by atoms with Crippen LogP contribution in [0.15, 0.2) is 109 Å². The van der Waals surface area contributed by atoms with Crippen molar-refractivity contribution in [3.05, 3.63) is 109 Å². The van der Waals surface area contributed by atoms with Gasteiger partial charge in [-0.15, -0.1) is 0 Å². The molecule has 0 aliphatic rings. The number of ether oxygens (including phenoxy) is 2. The molecule has 0 radical (unpaired) electrons. The topological polar surface area (TPSA) is 108 Å². The highest BCUT2D eigenvalue weighted by atomic mass is 31.2. The maximum atomic E-state index is 12.6. The molecule has 1 N–H and O–H groups in total. The first kappa shape index (κ1) is 50.7. The van der Waals surface area contributed by atoms with E-state index in [1.807, 2.05) is 39.4 Å². The van der Waals surface area contributed by atoms with E-state index in [9.17, 15) is 19.0 Å². The highest BCUT2D eigenvalue weighted by Crippen LogP contribution is 2.43. The summed E-state index contributed by atoms with van der Waals surface area (Å²) in [7, 11) is 1.38. The van der Waals surface area contributed by atoms with Crippen LogP contribution < -0.4 is 0 Å². The molecular weight excluding hydrogens is 701 g/mol. The van der Waals surface area contributed by atoms with Gasteiger partial charge in [0, 0.05) is 12.8 Å². The second-order valence-electron chi connectivity index (χ2n) is 13.5. The van der Waals surface area contributed by atoms with Crippen LogP contribution in [0.3, 0.4) is 0 Å². The Morgan fingerprint density at radius 1 is 0.574 bits per heavy atom. The number of unbranched alkanes of at least 4 members (excludes halogenated alkanes) is 1. The van der Waals surface area contributed by atoms with Crippen LogP contribution >= 0.6 is 7.82 Å². The van der Waals surface area contributed by atoms with Crippen LogP contribution in [0, 0.1) is 0 Å². The minimum Gasteiger partial charge on any atom is -0.462 e. The van der Waals surface area contributed by atoms with Gasteiger partial charge in [-0.05, 0) is 77.0 Å². The summed E-state index contributed by atoms with van der Waals surface area (Å²) in [6.45, 7) is 3.99. The van der Waals surface area contributed by atoms with Gasteiger partial charge in [-0.2, -0.15) is 0 Å². The summed E-state index contributed by atoms with van der Waals surface area (Å²) in [5.74, 6) is -0.978. The molecule has 2 atom stereocenters. The SMILES string of the molecule is CC/C=C\C/C=C\C/C=C\C/C=C\C/C=C\CCCC(=O)OC(COC(=O)CC/C=C\C/C=C\C/C=C\C/C=C\CC)COP(=O)(O)OCC[N+](C)(C)C. The molecule has 0 rings (SSSR count). The summed E-state index contributed by atoms with van der Waals surface area (Å²) in [4.78, 5) is 35.2. The molecule has 0 aromatic carbocycles. The molecule has 0 bridgehead atoms. The summed E-state index contributed by atoms with van der Waals surface area (Å²) < 4.78 is 34.0. The van der Waals surface area contributed by atoms with E-state index in [1.165, 1.54) is 0 Å². The van der Waals surface area contributed by atoms with E-state index in [2.05, 4.69) is 105 Å². The fraction of sp³-hybridized carbons (Fsp3) is 0.545. The highest BCUT2D eigenvalue weighted by molar-refractivity contribution is 7.47. The average molecular weight is 773 g/mol. The number of hydrogen-bond donors (Lipinski definition) is 1. The van der Waals surface area contributed by atoms with Crippen LogP contribution in [0.5, 0.6) is 0 Å². The summed E-state index contributed by atoms with van der Waals surface area (Å²) in [5.41, 5.74) is 0. The minimum absolute atomic E-state index is 0.00379. The molecule has 304 valence electrons. The highest BCUT2D eigenvalue weighted by Gasteiger charge is 2.27. The Hall–Kier alpha value is -3.33. The normalized spacial score (nSPS) is 14.9. The second-order valence-corrected chi connectivity index (χ2v) is 15.0. The van der Waals surface area contributed by atoms with E-state index in [0.29, 0.717) is 30.3 Å². The number of carbonyl (C=O) groups is 2. The van der Waals surface area contributed by atoms with Crippen LogP contribution in [0.4, 0.5) is 0 Å². The predicted molar refractivity (Wildman–Crippen MR) is 224 cm³/mol. The van der Waals surface area contributed by atoms with Crippen molar-refractivity contribution in [2.24, 2.45) is 0 Å². The summed E-state index contributed by atoms with van der Waals surface area (Å²) in [6, 6.07) is 0. The Balaban J connectivity index is 4.66. The number of allylic oxidation sites excluding steroid dienone is 18. The molecule has 2 unspecified atom stereocenters. The number of nitrogens with zero attached hydrogens (tertiary/aromatic N) is 1. The van der Waals surface area contributed by atoms with Gasteiger partial charge in [-0.3, -0.25) is 18.6 Å². The monoisotopic (exact) mass is 772 g/mol. The number of rotatable bonds is 33. The molecule has 0 aliphatic heterocycles. The fourth-order valence-electron chi connectivity index (χ4n) is 4.30. The van der Waals surface area contributed by atoms with Crippen molar-refractivity contribution in [1.82, 2.24) is 0 Å². The number of quaternary nitrogens is 1. The van der Waals surface area contributed by atoms with E-state index in [-0.39, 0.29) is 26.1 Å². The number of esters is 2.